The van der Waals surface area contributed by atoms with Crippen molar-refractivity contribution < 1.29 is 15.1 Å². The van der Waals surface area contributed by atoms with Gasteiger partial charge in [0, 0.05) is 0 Å². The van der Waals surface area contributed by atoms with Gasteiger partial charge >= 0.3 is 6.75 Å². The van der Waals surface area contributed by atoms with Gasteiger partial charge in [-0.05, 0) is 6.92 Å². The topological polar surface area (TPSA) is 60.7 Å². The van der Waals surface area contributed by atoms with Crippen LogP contribution in [0.25, 0.3) is 0 Å². The highest BCUT2D eigenvalue weighted by Crippen LogP contribution is 1.96. The van der Waals surface area contributed by atoms with Gasteiger partial charge in [0.05, 0.1) is 0 Å². The summed E-state index contributed by atoms with van der Waals surface area (Å²) in [6.45, 7) is -1.51. The highest BCUT2D eigenvalue weighted by molar-refractivity contribution is 6.71. The molecule has 0 aliphatic heterocycles. The summed E-state index contributed by atoms with van der Waals surface area (Å²) in [6, 6.07) is 6.46. The molecule has 11 heavy (non-hydrogen) atoms. The van der Waals surface area contributed by atoms with Crippen LogP contribution < -0.4 is 5.46 Å². The van der Waals surface area contributed by atoms with Gasteiger partial charge in [0.15, 0.2) is 0 Å². The van der Waals surface area contributed by atoms with Gasteiger partial charge in [-0.15, -0.1) is 5.46 Å². The third-order valence-electron chi connectivity index (χ3n) is 1.49. The Bertz CT molecular complexity index is 254. The molecule has 1 aromatic rings. The van der Waals surface area contributed by atoms with Crippen molar-refractivity contribution in [1.29, 1.82) is 0 Å². The monoisotopic (exact) mass is 153 g/mol. The van der Waals surface area contributed by atoms with Gasteiger partial charge in [-0.1, -0.05) is 29.8 Å². The van der Waals surface area contributed by atoms with Gasteiger partial charge in [0.2, 0.25) is 0 Å². The second kappa shape index (κ2) is 2.66. The van der Waals surface area contributed by atoms with Crippen molar-refractivity contribution >= 4 is 12.2 Å². The highest BCUT2D eigenvalue weighted by atomic mass is 16.5. The van der Waals surface area contributed by atoms with Gasteiger partial charge < -0.3 is 15.1 Å². The van der Waals surface area contributed by atoms with Crippen molar-refractivity contribution in [3.8, 4) is 0 Å². The molecule has 0 saturated heterocycles. The molecule has 0 amide bonds. The minimum Gasteiger partial charge on any atom is -0.556 e. The summed E-state index contributed by atoms with van der Waals surface area (Å²) in [6.07, 6.45) is 0. The molecule has 1 aromatic carbocycles. The Labute approximate surface area is 64.9 Å². The van der Waals surface area contributed by atoms with Crippen LogP contribution in [-0.2, 0) is 0 Å². The first kappa shape index (κ1) is 8.26. The van der Waals surface area contributed by atoms with Crippen molar-refractivity contribution in [2.45, 2.75) is 6.92 Å². The average molecular weight is 153 g/mol. The summed E-state index contributed by atoms with van der Waals surface area (Å²) in [7, 11) is 0. The molecule has 0 unspecified atom stereocenters. The normalized spacial score (nSPS) is 11.6. The molecule has 0 saturated carbocycles. The van der Waals surface area contributed by atoms with Crippen LogP contribution in [0.1, 0.15) is 5.56 Å². The first-order valence-corrected chi connectivity index (χ1v) is 3.38. The van der Waals surface area contributed by atoms with Crippen molar-refractivity contribution in [1.82, 2.24) is 0 Å². The van der Waals surface area contributed by atoms with Gasteiger partial charge in [0.1, 0.15) is 0 Å². The number of aryl methyl sites for hydroxylation is 1. The second-order valence-corrected chi connectivity index (χ2v) is 2.65. The van der Waals surface area contributed by atoms with Crippen molar-refractivity contribution in [3.05, 3.63) is 29.8 Å². The first-order chi connectivity index (χ1) is 5.00. The molecule has 0 aromatic heterocycles. The van der Waals surface area contributed by atoms with E-state index < -0.39 is 6.75 Å². The number of hydrogen-bond donors (Lipinski definition) is 3. The Balaban J connectivity index is 3.06. The van der Waals surface area contributed by atoms with E-state index in [1.807, 2.05) is 13.0 Å². The molecule has 0 aliphatic carbocycles. The molecule has 3 nitrogen and oxygen atoms in total. The van der Waals surface area contributed by atoms with Crippen LogP contribution in [0.5, 0.6) is 0 Å². The molecule has 0 fully saturated rings. The van der Waals surface area contributed by atoms with Gasteiger partial charge in [-0.2, -0.15) is 0 Å². The predicted octanol–water partition coefficient (Wildman–Crippen LogP) is -0.882. The minimum atomic E-state index is -3.32. The fourth-order valence-electron chi connectivity index (χ4n) is 0.911. The fourth-order valence-corrected chi connectivity index (χ4v) is 0.911. The Morgan fingerprint density at radius 3 is 2.18 bits per heavy atom. The second-order valence-electron chi connectivity index (χ2n) is 2.65. The van der Waals surface area contributed by atoms with Crippen LogP contribution in [0.3, 0.4) is 0 Å². The lowest BCUT2D eigenvalue weighted by molar-refractivity contribution is 0.249. The standard InChI is InChI=1S/C7H10BO3/c1-6-3-2-4-7(5-6)8(9,10)11/h2-5,9-11H,1H3/q-1. The Morgan fingerprint density at radius 2 is 1.82 bits per heavy atom. The Kier molecular flexibility index (Phi) is 2.00. The van der Waals surface area contributed by atoms with Crippen LogP contribution in [0.4, 0.5) is 0 Å². The number of rotatable bonds is 1. The van der Waals surface area contributed by atoms with Crippen LogP contribution in [0, 0.1) is 6.92 Å². The van der Waals surface area contributed by atoms with E-state index in [0.717, 1.165) is 5.56 Å². The summed E-state index contributed by atoms with van der Waals surface area (Å²) in [5.74, 6) is 0. The van der Waals surface area contributed by atoms with E-state index in [2.05, 4.69) is 0 Å². The summed E-state index contributed by atoms with van der Waals surface area (Å²) in [5.41, 5.74) is 1.02. The Morgan fingerprint density at radius 1 is 1.18 bits per heavy atom. The first-order valence-electron chi connectivity index (χ1n) is 3.38. The zero-order valence-electron chi connectivity index (χ0n) is 6.23. The van der Waals surface area contributed by atoms with E-state index in [1.54, 1.807) is 6.07 Å². The van der Waals surface area contributed by atoms with Gasteiger partial charge in [-0.3, -0.25) is 0 Å². The van der Waals surface area contributed by atoms with E-state index in [4.69, 9.17) is 15.1 Å². The largest absolute Gasteiger partial charge is 0.556 e. The zero-order chi connectivity index (χ0) is 8.48. The fraction of sp³-hybridized carbons (Fsp3) is 0.143. The molecule has 0 heterocycles. The van der Waals surface area contributed by atoms with Gasteiger partial charge in [-0.25, -0.2) is 0 Å². The van der Waals surface area contributed by atoms with Gasteiger partial charge in [0.25, 0.3) is 0 Å². The van der Waals surface area contributed by atoms with Crippen LogP contribution >= 0.6 is 0 Å². The van der Waals surface area contributed by atoms with Crippen LogP contribution in [0.2, 0.25) is 0 Å². The minimum absolute atomic E-state index is 0.144. The summed E-state index contributed by atoms with van der Waals surface area (Å²) < 4.78 is 0. The van der Waals surface area contributed by atoms with Crippen LogP contribution in [0.15, 0.2) is 24.3 Å². The molecule has 0 aliphatic rings. The van der Waals surface area contributed by atoms with Crippen molar-refractivity contribution in [3.63, 3.8) is 0 Å². The maximum atomic E-state index is 8.79. The predicted molar refractivity (Wildman–Crippen MR) is 43.2 cm³/mol. The van der Waals surface area contributed by atoms with E-state index >= 15 is 0 Å². The third kappa shape index (κ3) is 2.05. The summed E-state index contributed by atoms with van der Waals surface area (Å²) >= 11 is 0. The average Bonchev–Trinajstić information content (AvgIpc) is 1.86. The smallest absolute Gasteiger partial charge is 0.402 e. The van der Waals surface area contributed by atoms with Crippen molar-refractivity contribution in [2.75, 3.05) is 0 Å². The van der Waals surface area contributed by atoms with Crippen LogP contribution in [-0.4, -0.2) is 21.8 Å². The van der Waals surface area contributed by atoms with Crippen molar-refractivity contribution in [2.24, 2.45) is 0 Å². The van der Waals surface area contributed by atoms with E-state index in [1.165, 1.54) is 12.1 Å². The number of benzene rings is 1. The molecule has 3 N–H and O–H groups in total. The maximum absolute atomic E-state index is 8.79. The lowest BCUT2D eigenvalue weighted by atomic mass is 9.71. The molecule has 0 atom stereocenters. The molecule has 0 spiro atoms. The summed E-state index contributed by atoms with van der Waals surface area (Å²) in [4.78, 5) is 0. The lowest BCUT2D eigenvalue weighted by Crippen LogP contribution is -2.48. The molecule has 60 valence electrons. The summed E-state index contributed by atoms with van der Waals surface area (Å²) in [5, 5.41) is 26.4. The zero-order valence-corrected chi connectivity index (χ0v) is 6.23. The molecular weight excluding hydrogens is 143 g/mol. The molecule has 4 heteroatoms. The van der Waals surface area contributed by atoms with E-state index in [9.17, 15) is 0 Å². The quantitative estimate of drug-likeness (QED) is 0.459. The molecule has 1 rings (SSSR count). The molecule has 0 bridgehead atoms. The number of hydrogen-bond acceptors (Lipinski definition) is 3. The maximum Gasteiger partial charge on any atom is 0.402 e. The van der Waals surface area contributed by atoms with E-state index in [0.29, 0.717) is 0 Å². The SMILES string of the molecule is Cc1cccc([B-](O)(O)O)c1. The molecule has 0 radical (unpaired) electrons. The lowest BCUT2D eigenvalue weighted by Gasteiger charge is -2.21. The van der Waals surface area contributed by atoms with E-state index in [-0.39, 0.29) is 5.46 Å². The Hall–Kier alpha value is -0.835. The highest BCUT2D eigenvalue weighted by Gasteiger charge is 2.17. The third-order valence-corrected chi connectivity index (χ3v) is 1.49. The molecular formula is C7H10BO3-.